The Morgan fingerprint density at radius 1 is 1.50 bits per heavy atom. The molecule has 0 aromatic heterocycles. The maximum atomic E-state index is 11.2. The van der Waals surface area contributed by atoms with Crippen molar-refractivity contribution in [3.63, 3.8) is 0 Å². The lowest BCUT2D eigenvalue weighted by Crippen LogP contribution is -2.08. The smallest absolute Gasteiger partial charge is 0.310 e. The summed E-state index contributed by atoms with van der Waals surface area (Å²) in [5, 5.41) is 18.6. The Balaban J connectivity index is 3.26. The Morgan fingerprint density at radius 2 is 2.19 bits per heavy atom. The summed E-state index contributed by atoms with van der Waals surface area (Å²) in [5.41, 5.74) is 1.58. The minimum absolute atomic E-state index is 0.0109. The SMILES string of the molecule is CCc1c(O)ccc(C#N)c1CC(=O)OC. The zero-order chi connectivity index (χ0) is 12.1. The van der Waals surface area contributed by atoms with Crippen LogP contribution < -0.4 is 0 Å². The number of rotatable bonds is 3. The molecule has 0 spiro atoms. The van der Waals surface area contributed by atoms with E-state index in [1.54, 1.807) is 0 Å². The fourth-order valence-electron chi connectivity index (χ4n) is 1.60. The molecular formula is C12H13NO3. The normalized spacial score (nSPS) is 9.56. The third-order valence-corrected chi connectivity index (χ3v) is 2.43. The second-order valence-corrected chi connectivity index (χ2v) is 3.31. The van der Waals surface area contributed by atoms with Gasteiger partial charge in [0.25, 0.3) is 0 Å². The summed E-state index contributed by atoms with van der Waals surface area (Å²) in [5.74, 6) is -0.308. The Hall–Kier alpha value is -2.02. The second kappa shape index (κ2) is 5.17. The number of nitriles is 1. The molecule has 0 saturated heterocycles. The highest BCUT2D eigenvalue weighted by molar-refractivity contribution is 5.74. The molecule has 16 heavy (non-hydrogen) atoms. The fourth-order valence-corrected chi connectivity index (χ4v) is 1.60. The van der Waals surface area contributed by atoms with Gasteiger partial charge in [0.05, 0.1) is 25.2 Å². The predicted molar refractivity (Wildman–Crippen MR) is 57.9 cm³/mol. The molecule has 84 valence electrons. The van der Waals surface area contributed by atoms with E-state index in [4.69, 9.17) is 5.26 Å². The quantitative estimate of drug-likeness (QED) is 0.783. The van der Waals surface area contributed by atoms with E-state index in [2.05, 4.69) is 4.74 Å². The van der Waals surface area contributed by atoms with Gasteiger partial charge in [-0.25, -0.2) is 0 Å². The van der Waals surface area contributed by atoms with Gasteiger partial charge in [0, 0.05) is 0 Å². The Bertz CT molecular complexity index is 446. The molecule has 1 N–H and O–H groups in total. The number of hydrogen-bond acceptors (Lipinski definition) is 4. The van der Waals surface area contributed by atoms with E-state index in [0.29, 0.717) is 23.1 Å². The lowest BCUT2D eigenvalue weighted by Gasteiger charge is -2.10. The molecule has 0 atom stereocenters. The first-order valence-electron chi connectivity index (χ1n) is 4.94. The van der Waals surface area contributed by atoms with Crippen LogP contribution >= 0.6 is 0 Å². The van der Waals surface area contributed by atoms with Gasteiger partial charge in [0.1, 0.15) is 5.75 Å². The van der Waals surface area contributed by atoms with E-state index in [0.717, 1.165) is 0 Å². The molecule has 0 bridgehead atoms. The molecule has 0 aliphatic carbocycles. The van der Waals surface area contributed by atoms with E-state index in [9.17, 15) is 9.90 Å². The van der Waals surface area contributed by atoms with Crippen LogP contribution in [0.15, 0.2) is 12.1 Å². The van der Waals surface area contributed by atoms with Gasteiger partial charge in [-0.05, 0) is 29.7 Å². The van der Waals surface area contributed by atoms with E-state index in [-0.39, 0.29) is 12.2 Å². The number of carbonyl (C=O) groups is 1. The monoisotopic (exact) mass is 219 g/mol. The molecule has 0 unspecified atom stereocenters. The molecule has 0 aliphatic heterocycles. The van der Waals surface area contributed by atoms with Crippen molar-refractivity contribution in [2.75, 3.05) is 7.11 Å². The number of esters is 1. The number of methoxy groups -OCH3 is 1. The average Bonchev–Trinajstić information content (AvgIpc) is 2.29. The first kappa shape index (κ1) is 12.1. The van der Waals surface area contributed by atoms with Gasteiger partial charge < -0.3 is 9.84 Å². The molecule has 0 heterocycles. The second-order valence-electron chi connectivity index (χ2n) is 3.31. The molecule has 1 rings (SSSR count). The molecule has 0 amide bonds. The van der Waals surface area contributed by atoms with Crippen LogP contribution in [-0.4, -0.2) is 18.2 Å². The van der Waals surface area contributed by atoms with Crippen LogP contribution in [0, 0.1) is 11.3 Å². The molecule has 0 fully saturated rings. The highest BCUT2D eigenvalue weighted by atomic mass is 16.5. The van der Waals surface area contributed by atoms with Crippen LogP contribution in [-0.2, 0) is 22.4 Å². The highest BCUT2D eigenvalue weighted by Crippen LogP contribution is 2.25. The summed E-state index contributed by atoms with van der Waals surface area (Å²) >= 11 is 0. The van der Waals surface area contributed by atoms with Crippen molar-refractivity contribution >= 4 is 5.97 Å². The fraction of sp³-hybridized carbons (Fsp3) is 0.333. The summed E-state index contributed by atoms with van der Waals surface area (Å²) in [7, 11) is 1.29. The maximum absolute atomic E-state index is 11.2. The zero-order valence-corrected chi connectivity index (χ0v) is 9.28. The third-order valence-electron chi connectivity index (χ3n) is 2.43. The summed E-state index contributed by atoms with van der Waals surface area (Å²) in [6.07, 6.45) is 0.574. The van der Waals surface area contributed by atoms with Gasteiger partial charge in [-0.2, -0.15) is 5.26 Å². The van der Waals surface area contributed by atoms with E-state index in [1.165, 1.54) is 19.2 Å². The standard InChI is InChI=1S/C12H13NO3/c1-3-9-10(6-12(15)16-2)8(7-13)4-5-11(9)14/h4-5,14H,3,6H2,1-2H3. The number of ether oxygens (including phenoxy) is 1. The first-order chi connectivity index (χ1) is 7.63. The van der Waals surface area contributed by atoms with Crippen molar-refractivity contribution in [3.8, 4) is 11.8 Å². The molecule has 4 nitrogen and oxygen atoms in total. The summed E-state index contributed by atoms with van der Waals surface area (Å²) in [6.45, 7) is 1.86. The summed E-state index contributed by atoms with van der Waals surface area (Å²) in [4.78, 5) is 11.2. The van der Waals surface area contributed by atoms with Crippen LogP contribution in [0.1, 0.15) is 23.6 Å². The molecule has 0 aliphatic rings. The van der Waals surface area contributed by atoms with Crippen molar-refractivity contribution in [1.82, 2.24) is 0 Å². The third kappa shape index (κ3) is 2.31. The first-order valence-corrected chi connectivity index (χ1v) is 4.94. The predicted octanol–water partition coefficient (Wildman–Crippen LogP) is 1.54. The molecule has 0 saturated carbocycles. The topological polar surface area (TPSA) is 70.3 Å². The molecular weight excluding hydrogens is 206 g/mol. The lowest BCUT2D eigenvalue weighted by atomic mass is 9.96. The number of carbonyl (C=O) groups excluding carboxylic acids is 1. The number of aromatic hydroxyl groups is 1. The minimum Gasteiger partial charge on any atom is -0.508 e. The zero-order valence-electron chi connectivity index (χ0n) is 9.28. The largest absolute Gasteiger partial charge is 0.508 e. The van der Waals surface area contributed by atoms with Crippen molar-refractivity contribution in [2.24, 2.45) is 0 Å². The maximum Gasteiger partial charge on any atom is 0.310 e. The van der Waals surface area contributed by atoms with Crippen molar-refractivity contribution < 1.29 is 14.6 Å². The van der Waals surface area contributed by atoms with Crippen LogP contribution in [0.3, 0.4) is 0 Å². The number of phenolic OH excluding ortho intramolecular Hbond substituents is 1. The number of nitrogens with zero attached hydrogens (tertiary/aromatic N) is 1. The number of hydrogen-bond donors (Lipinski definition) is 1. The van der Waals surface area contributed by atoms with Crippen LogP contribution in [0.2, 0.25) is 0 Å². The van der Waals surface area contributed by atoms with Crippen LogP contribution in [0.4, 0.5) is 0 Å². The van der Waals surface area contributed by atoms with Gasteiger partial charge in [-0.1, -0.05) is 6.92 Å². The van der Waals surface area contributed by atoms with E-state index < -0.39 is 5.97 Å². The van der Waals surface area contributed by atoms with Gasteiger partial charge in [0.2, 0.25) is 0 Å². The summed E-state index contributed by atoms with van der Waals surface area (Å²) in [6, 6.07) is 4.99. The molecule has 1 aromatic carbocycles. The van der Waals surface area contributed by atoms with Crippen molar-refractivity contribution in [1.29, 1.82) is 5.26 Å². The van der Waals surface area contributed by atoms with E-state index in [1.807, 2.05) is 13.0 Å². The van der Waals surface area contributed by atoms with E-state index >= 15 is 0 Å². The summed E-state index contributed by atoms with van der Waals surface area (Å²) < 4.78 is 4.56. The van der Waals surface area contributed by atoms with Gasteiger partial charge >= 0.3 is 5.97 Å². The minimum atomic E-state index is -0.420. The Morgan fingerprint density at radius 3 is 2.69 bits per heavy atom. The molecule has 1 aromatic rings. The number of benzene rings is 1. The number of phenols is 1. The van der Waals surface area contributed by atoms with Gasteiger partial charge in [-0.15, -0.1) is 0 Å². The van der Waals surface area contributed by atoms with Crippen molar-refractivity contribution in [2.45, 2.75) is 19.8 Å². The van der Waals surface area contributed by atoms with Crippen LogP contribution in [0.25, 0.3) is 0 Å². The average molecular weight is 219 g/mol. The molecule has 4 heteroatoms. The Kier molecular flexibility index (Phi) is 3.90. The highest BCUT2D eigenvalue weighted by Gasteiger charge is 2.15. The van der Waals surface area contributed by atoms with Crippen molar-refractivity contribution in [3.05, 3.63) is 28.8 Å². The Labute approximate surface area is 94.1 Å². The lowest BCUT2D eigenvalue weighted by molar-refractivity contribution is -0.139. The van der Waals surface area contributed by atoms with Gasteiger partial charge in [0.15, 0.2) is 0 Å². The molecule has 0 radical (unpaired) electrons. The van der Waals surface area contributed by atoms with Gasteiger partial charge in [-0.3, -0.25) is 4.79 Å². The van der Waals surface area contributed by atoms with Crippen LogP contribution in [0.5, 0.6) is 5.75 Å².